The summed E-state index contributed by atoms with van der Waals surface area (Å²) in [5.41, 5.74) is 0. The molecule has 0 aromatic carbocycles. The van der Waals surface area contributed by atoms with Crippen LogP contribution < -0.4 is 0 Å². The number of rotatable bonds is 7. The Bertz CT molecular complexity index is 351. The van der Waals surface area contributed by atoms with E-state index in [2.05, 4.69) is 0 Å². The zero-order valence-electron chi connectivity index (χ0n) is 12.6. The minimum atomic E-state index is -3.38. The van der Waals surface area contributed by atoms with Crippen LogP contribution >= 0.6 is 0 Å². The molecule has 0 aromatic rings. The van der Waals surface area contributed by atoms with Crippen LogP contribution in [0, 0.1) is 0 Å². The lowest BCUT2D eigenvalue weighted by molar-refractivity contribution is 0.00551. The molecule has 0 aliphatic carbocycles. The van der Waals surface area contributed by atoms with Crippen LogP contribution in [0.2, 0.25) is 0 Å². The normalized spacial score (nSPS) is 21.5. The van der Waals surface area contributed by atoms with E-state index in [0.717, 1.165) is 32.3 Å². The number of hydrogen-bond acceptors (Lipinski definition) is 3. The lowest BCUT2D eigenvalue weighted by Crippen LogP contribution is -2.48. The molecule has 0 saturated carbocycles. The maximum absolute atomic E-state index is 12.5. The first-order valence-corrected chi connectivity index (χ1v) is 8.64. The Kier molecular flexibility index (Phi) is 6.73. The van der Waals surface area contributed by atoms with E-state index >= 15 is 0 Å². The number of nitrogens with zero attached hydrogens (tertiary/aromatic N) is 2. The molecule has 6 heteroatoms. The third-order valence-corrected chi connectivity index (χ3v) is 5.71. The van der Waals surface area contributed by atoms with Crippen molar-refractivity contribution in [1.82, 2.24) is 8.61 Å². The minimum absolute atomic E-state index is 0.0309. The van der Waals surface area contributed by atoms with Crippen molar-refractivity contribution in [3.8, 4) is 0 Å². The third-order valence-electron chi connectivity index (χ3n) is 3.57. The van der Waals surface area contributed by atoms with Crippen LogP contribution in [-0.4, -0.2) is 55.9 Å². The molecule has 1 fully saturated rings. The molecule has 1 rings (SSSR count). The molecule has 1 saturated heterocycles. The number of hydrogen-bond donors (Lipinski definition) is 0. The lowest BCUT2D eigenvalue weighted by Gasteiger charge is -2.33. The van der Waals surface area contributed by atoms with Gasteiger partial charge in [-0.3, -0.25) is 0 Å². The van der Waals surface area contributed by atoms with Gasteiger partial charge in [0.15, 0.2) is 0 Å². The largest absolute Gasteiger partial charge is 0.377 e. The second kappa shape index (κ2) is 7.57. The molecule has 0 N–H and O–H groups in total. The first kappa shape index (κ1) is 16.9. The summed E-state index contributed by atoms with van der Waals surface area (Å²) in [6.45, 7) is 7.56. The van der Waals surface area contributed by atoms with Crippen LogP contribution in [0.5, 0.6) is 0 Å². The molecule has 1 aliphatic heterocycles. The van der Waals surface area contributed by atoms with Crippen molar-refractivity contribution in [1.29, 1.82) is 0 Å². The summed E-state index contributed by atoms with van der Waals surface area (Å²) < 4.78 is 33.7. The topological polar surface area (TPSA) is 49.9 Å². The van der Waals surface area contributed by atoms with Crippen molar-refractivity contribution < 1.29 is 13.2 Å². The van der Waals surface area contributed by atoms with Gasteiger partial charge in [-0.25, -0.2) is 0 Å². The molecule has 0 spiro atoms. The fourth-order valence-electron chi connectivity index (χ4n) is 2.18. The smallest absolute Gasteiger partial charge is 0.282 e. The SMILES string of the molecule is CCCN(CC1CCCCO1)S(=O)(=O)N(C)C(C)C. The van der Waals surface area contributed by atoms with Crippen molar-refractivity contribution in [3.63, 3.8) is 0 Å². The Morgan fingerprint density at radius 2 is 2.00 bits per heavy atom. The molecule has 0 amide bonds. The molecular weight excluding hydrogens is 264 g/mol. The Hall–Kier alpha value is -0.170. The molecule has 1 unspecified atom stereocenters. The van der Waals surface area contributed by atoms with Crippen molar-refractivity contribution in [2.45, 2.75) is 58.6 Å². The van der Waals surface area contributed by atoms with Gasteiger partial charge in [0.25, 0.3) is 10.2 Å². The van der Waals surface area contributed by atoms with E-state index in [-0.39, 0.29) is 12.1 Å². The average Bonchev–Trinajstić information content (AvgIpc) is 2.38. The highest BCUT2D eigenvalue weighted by atomic mass is 32.2. The molecule has 19 heavy (non-hydrogen) atoms. The van der Waals surface area contributed by atoms with Gasteiger partial charge in [-0.05, 0) is 39.5 Å². The Balaban J connectivity index is 2.74. The summed E-state index contributed by atoms with van der Waals surface area (Å²) in [5, 5.41) is 0. The monoisotopic (exact) mass is 292 g/mol. The predicted molar refractivity (Wildman–Crippen MR) is 77.3 cm³/mol. The van der Waals surface area contributed by atoms with Crippen LogP contribution in [0.15, 0.2) is 0 Å². The maximum atomic E-state index is 12.5. The van der Waals surface area contributed by atoms with Crippen molar-refractivity contribution in [2.75, 3.05) is 26.7 Å². The Labute approximate surface area is 118 Å². The summed E-state index contributed by atoms with van der Waals surface area (Å²) in [6.07, 6.45) is 4.04. The van der Waals surface area contributed by atoms with E-state index < -0.39 is 10.2 Å². The van der Waals surface area contributed by atoms with Gasteiger partial charge < -0.3 is 4.74 Å². The van der Waals surface area contributed by atoms with E-state index in [1.165, 1.54) is 4.31 Å². The number of ether oxygens (including phenoxy) is 1. The summed E-state index contributed by atoms with van der Waals surface area (Å²) in [5.74, 6) is 0. The molecule has 1 heterocycles. The van der Waals surface area contributed by atoms with Gasteiger partial charge in [0.05, 0.1) is 6.10 Å². The molecule has 0 bridgehead atoms. The highest BCUT2D eigenvalue weighted by Gasteiger charge is 2.30. The van der Waals surface area contributed by atoms with Gasteiger partial charge in [0.2, 0.25) is 0 Å². The zero-order valence-corrected chi connectivity index (χ0v) is 13.4. The summed E-state index contributed by atoms with van der Waals surface area (Å²) >= 11 is 0. The predicted octanol–water partition coefficient (Wildman–Crippen LogP) is 1.85. The van der Waals surface area contributed by atoms with Crippen molar-refractivity contribution in [3.05, 3.63) is 0 Å². The molecule has 5 nitrogen and oxygen atoms in total. The molecular formula is C13H28N2O3S. The quantitative estimate of drug-likeness (QED) is 0.719. The third kappa shape index (κ3) is 4.70. The minimum Gasteiger partial charge on any atom is -0.377 e. The van der Waals surface area contributed by atoms with E-state index in [4.69, 9.17) is 4.74 Å². The van der Waals surface area contributed by atoms with Crippen LogP contribution in [0.4, 0.5) is 0 Å². The highest BCUT2D eigenvalue weighted by molar-refractivity contribution is 7.86. The molecule has 114 valence electrons. The average molecular weight is 292 g/mol. The second-order valence-electron chi connectivity index (χ2n) is 5.46. The van der Waals surface area contributed by atoms with Gasteiger partial charge >= 0.3 is 0 Å². The highest BCUT2D eigenvalue weighted by Crippen LogP contribution is 2.18. The first-order valence-electron chi connectivity index (χ1n) is 7.24. The van der Waals surface area contributed by atoms with Gasteiger partial charge in [-0.15, -0.1) is 0 Å². The summed E-state index contributed by atoms with van der Waals surface area (Å²) in [6, 6.07) is -0.0309. The molecule has 0 aromatic heterocycles. The maximum Gasteiger partial charge on any atom is 0.282 e. The van der Waals surface area contributed by atoms with Crippen LogP contribution in [0.1, 0.15) is 46.5 Å². The van der Waals surface area contributed by atoms with Gasteiger partial charge in [-0.2, -0.15) is 17.0 Å². The van der Waals surface area contributed by atoms with Crippen LogP contribution in [0.25, 0.3) is 0 Å². The Morgan fingerprint density at radius 3 is 2.47 bits per heavy atom. The van der Waals surface area contributed by atoms with Gasteiger partial charge in [0.1, 0.15) is 0 Å². The standard InChI is InChI=1S/C13H28N2O3S/c1-5-9-15(11-13-8-6-7-10-18-13)19(16,17)14(4)12(2)3/h12-13H,5-11H2,1-4H3. The fourth-order valence-corrected chi connectivity index (χ4v) is 3.84. The van der Waals surface area contributed by atoms with Crippen LogP contribution in [-0.2, 0) is 14.9 Å². The van der Waals surface area contributed by atoms with E-state index in [0.29, 0.717) is 13.1 Å². The van der Waals surface area contributed by atoms with Crippen molar-refractivity contribution in [2.24, 2.45) is 0 Å². The van der Waals surface area contributed by atoms with E-state index in [1.54, 1.807) is 11.4 Å². The van der Waals surface area contributed by atoms with Crippen LogP contribution in [0.3, 0.4) is 0 Å². The zero-order chi connectivity index (χ0) is 14.5. The fraction of sp³-hybridized carbons (Fsp3) is 1.00. The van der Waals surface area contributed by atoms with Gasteiger partial charge in [0, 0.05) is 32.8 Å². The molecule has 1 aliphatic rings. The lowest BCUT2D eigenvalue weighted by atomic mass is 10.1. The van der Waals surface area contributed by atoms with E-state index in [1.807, 2.05) is 20.8 Å². The Morgan fingerprint density at radius 1 is 1.32 bits per heavy atom. The molecule has 0 radical (unpaired) electrons. The second-order valence-corrected chi connectivity index (χ2v) is 7.45. The first-order chi connectivity index (χ1) is 8.89. The van der Waals surface area contributed by atoms with E-state index in [9.17, 15) is 8.42 Å². The van der Waals surface area contributed by atoms with Crippen molar-refractivity contribution >= 4 is 10.2 Å². The van der Waals surface area contributed by atoms with Gasteiger partial charge in [-0.1, -0.05) is 6.92 Å². The summed E-state index contributed by atoms with van der Waals surface area (Å²) in [4.78, 5) is 0. The summed E-state index contributed by atoms with van der Waals surface area (Å²) in [7, 11) is -1.73. The molecule has 1 atom stereocenters.